The molecule has 6 heteroatoms. The summed E-state index contributed by atoms with van der Waals surface area (Å²) in [6, 6.07) is 0. The lowest BCUT2D eigenvalue weighted by Gasteiger charge is -2.18. The van der Waals surface area contributed by atoms with Gasteiger partial charge in [-0.25, -0.2) is 0 Å². The molecule has 1 atom stereocenters. The number of carbonyl (C=O) groups is 3. The van der Waals surface area contributed by atoms with E-state index in [2.05, 4.69) is 191 Å². The predicted molar refractivity (Wildman–Crippen MR) is 361 cm³/mol. The molecule has 0 saturated carbocycles. The Kier molecular flexibility index (Phi) is 64.4. The molecule has 0 bridgehead atoms. The monoisotopic (exact) mass is 1140 g/mol. The normalized spacial score (nSPS) is 13.3. The van der Waals surface area contributed by atoms with Crippen LogP contribution in [-0.4, -0.2) is 37.2 Å². The van der Waals surface area contributed by atoms with E-state index in [1.54, 1.807) is 6.08 Å². The molecule has 6 nitrogen and oxygen atoms in total. The Balaban J connectivity index is 4.44. The first-order valence-electron chi connectivity index (χ1n) is 33.3. The second-order valence-electron chi connectivity index (χ2n) is 21.3. The van der Waals surface area contributed by atoms with E-state index in [-0.39, 0.29) is 31.6 Å². The molecule has 0 amide bonds. The highest BCUT2D eigenvalue weighted by atomic mass is 16.6. The minimum Gasteiger partial charge on any atom is -0.462 e. The van der Waals surface area contributed by atoms with Gasteiger partial charge in [0.2, 0.25) is 0 Å². The zero-order chi connectivity index (χ0) is 59.9. The van der Waals surface area contributed by atoms with Gasteiger partial charge >= 0.3 is 17.9 Å². The molecule has 0 aliphatic heterocycles. The van der Waals surface area contributed by atoms with Gasteiger partial charge in [-0.2, -0.15) is 0 Å². The van der Waals surface area contributed by atoms with Gasteiger partial charge in [0.1, 0.15) is 13.2 Å². The average molecular weight is 1140 g/mol. The lowest BCUT2D eigenvalue weighted by molar-refractivity contribution is -0.166. The molecular formula is C77H120O6. The summed E-state index contributed by atoms with van der Waals surface area (Å²) in [5.74, 6) is -1.09. The van der Waals surface area contributed by atoms with Crippen LogP contribution in [0.1, 0.15) is 265 Å². The highest BCUT2D eigenvalue weighted by Gasteiger charge is 2.19. The van der Waals surface area contributed by atoms with E-state index in [0.717, 1.165) is 148 Å². The topological polar surface area (TPSA) is 78.9 Å². The van der Waals surface area contributed by atoms with Gasteiger partial charge in [-0.3, -0.25) is 14.4 Å². The summed E-state index contributed by atoms with van der Waals surface area (Å²) in [5.41, 5.74) is 0. The number of allylic oxidation sites excluding steroid dienone is 29. The molecule has 83 heavy (non-hydrogen) atoms. The Morgan fingerprint density at radius 1 is 0.265 bits per heavy atom. The average Bonchev–Trinajstić information content (AvgIpc) is 3.49. The van der Waals surface area contributed by atoms with E-state index >= 15 is 0 Å². The van der Waals surface area contributed by atoms with E-state index in [4.69, 9.17) is 14.2 Å². The maximum Gasteiger partial charge on any atom is 0.309 e. The van der Waals surface area contributed by atoms with Crippen LogP contribution >= 0.6 is 0 Å². The van der Waals surface area contributed by atoms with Gasteiger partial charge in [0.25, 0.3) is 0 Å². The molecule has 0 aromatic heterocycles. The smallest absolute Gasteiger partial charge is 0.309 e. The first kappa shape index (κ1) is 77.5. The van der Waals surface area contributed by atoms with Crippen molar-refractivity contribution in [3.05, 3.63) is 182 Å². The maximum atomic E-state index is 12.9. The molecule has 464 valence electrons. The van der Waals surface area contributed by atoms with Crippen molar-refractivity contribution in [3.8, 4) is 0 Å². The Morgan fingerprint density at radius 2 is 0.518 bits per heavy atom. The van der Waals surface area contributed by atoms with Crippen LogP contribution < -0.4 is 0 Å². The molecule has 0 fully saturated rings. The van der Waals surface area contributed by atoms with Crippen molar-refractivity contribution < 1.29 is 28.6 Å². The Hall–Kier alpha value is -5.49. The fraction of sp³-hybridized carbons (Fsp3) is 0.571. The second kappa shape index (κ2) is 69.0. The van der Waals surface area contributed by atoms with E-state index in [0.29, 0.717) is 12.8 Å². The van der Waals surface area contributed by atoms with Crippen molar-refractivity contribution >= 4 is 17.9 Å². The summed E-state index contributed by atoms with van der Waals surface area (Å²) in [7, 11) is 0. The summed E-state index contributed by atoms with van der Waals surface area (Å²) >= 11 is 0. The third-order valence-corrected chi connectivity index (χ3v) is 13.4. The van der Waals surface area contributed by atoms with Crippen LogP contribution in [0.4, 0.5) is 0 Å². The number of esters is 3. The zero-order valence-corrected chi connectivity index (χ0v) is 53.1. The number of ether oxygens (including phenoxy) is 3. The second-order valence-corrected chi connectivity index (χ2v) is 21.3. The van der Waals surface area contributed by atoms with Crippen LogP contribution in [0.15, 0.2) is 182 Å². The van der Waals surface area contributed by atoms with Crippen LogP contribution in [0.5, 0.6) is 0 Å². The minimum absolute atomic E-state index is 0.114. The number of rotatable bonds is 58. The SMILES string of the molecule is CC/C=C\C/C=C\C/C=C\C/C=C\C/C=C\C/C=C\C/C=C\C/C=C\C/C=C\CCCCCCCC(=O)OCC(COC(=O)C/C=C\C/C=C\C/C=C\C/C=C\C/C=C\CC)OC(=O)CCCCCCCCC/C=C\CCCCCCCC. The van der Waals surface area contributed by atoms with Crippen LogP contribution in [0, 0.1) is 0 Å². The molecule has 0 aliphatic rings. The van der Waals surface area contributed by atoms with Crippen LogP contribution in [0.2, 0.25) is 0 Å². The predicted octanol–water partition coefficient (Wildman–Crippen LogP) is 23.2. The summed E-state index contributed by atoms with van der Waals surface area (Å²) in [6.45, 7) is 6.29. The molecule has 0 saturated heterocycles. The van der Waals surface area contributed by atoms with E-state index < -0.39 is 12.1 Å². The third-order valence-electron chi connectivity index (χ3n) is 13.4. The highest BCUT2D eigenvalue weighted by Crippen LogP contribution is 2.14. The lowest BCUT2D eigenvalue weighted by Crippen LogP contribution is -2.30. The molecular weight excluding hydrogens is 1020 g/mol. The standard InChI is InChI=1S/C77H120O6/c1-4-7-10-13-16-19-22-25-28-30-31-32-33-34-35-36-37-38-39-40-41-42-43-44-45-47-49-52-55-58-61-64-67-70-76(79)82-73-74(72-81-75(78)69-66-63-60-57-54-51-48-27-24-21-18-15-12-9-6-3)83-77(80)71-68-65-62-59-56-53-50-46-29-26-23-20-17-14-11-8-5-2/h7,9-10,12,16,18-19,21,25-29,31-32,34-35,37-38,40-41,43-44,47-49,54,57,63,66,74H,4-6,8,11,13-15,17,20,22-24,30,33,36,39,42,45-46,50-53,55-56,58-62,64-65,67-73H2,1-3H3/b10-7-,12-9-,19-16-,21-18-,28-25-,29-26-,32-31-,35-34-,38-37-,41-40-,44-43-,48-27-,49-47-,57-54-,66-63-. The van der Waals surface area contributed by atoms with E-state index in [1.165, 1.54) is 77.0 Å². The van der Waals surface area contributed by atoms with Crippen molar-refractivity contribution in [2.45, 2.75) is 271 Å². The molecule has 0 N–H and O–H groups in total. The molecule has 0 rings (SSSR count). The maximum absolute atomic E-state index is 12.9. The molecule has 0 spiro atoms. The van der Waals surface area contributed by atoms with E-state index in [9.17, 15) is 14.4 Å². The van der Waals surface area contributed by atoms with E-state index in [1.807, 2.05) is 6.08 Å². The summed E-state index contributed by atoms with van der Waals surface area (Å²) in [6.07, 6.45) is 104. The molecule has 0 aromatic carbocycles. The fourth-order valence-corrected chi connectivity index (χ4v) is 8.50. The van der Waals surface area contributed by atoms with Gasteiger partial charge in [-0.1, -0.05) is 287 Å². The quantitative estimate of drug-likeness (QED) is 0.0261. The van der Waals surface area contributed by atoms with Crippen LogP contribution in [-0.2, 0) is 28.6 Å². The molecule has 0 radical (unpaired) electrons. The van der Waals surface area contributed by atoms with Crippen LogP contribution in [0.25, 0.3) is 0 Å². The van der Waals surface area contributed by atoms with Crippen molar-refractivity contribution in [2.75, 3.05) is 13.2 Å². The highest BCUT2D eigenvalue weighted by molar-refractivity contribution is 5.72. The van der Waals surface area contributed by atoms with Gasteiger partial charge < -0.3 is 14.2 Å². The Morgan fingerprint density at radius 3 is 0.855 bits per heavy atom. The molecule has 1 unspecified atom stereocenters. The van der Waals surface area contributed by atoms with Crippen LogP contribution in [0.3, 0.4) is 0 Å². The summed E-state index contributed by atoms with van der Waals surface area (Å²) in [4.78, 5) is 38.3. The van der Waals surface area contributed by atoms with Gasteiger partial charge in [-0.05, 0) is 141 Å². The van der Waals surface area contributed by atoms with Gasteiger partial charge in [0.05, 0.1) is 6.42 Å². The molecule has 0 aliphatic carbocycles. The van der Waals surface area contributed by atoms with Gasteiger partial charge in [0, 0.05) is 12.8 Å². The van der Waals surface area contributed by atoms with Gasteiger partial charge in [0.15, 0.2) is 6.10 Å². The third kappa shape index (κ3) is 67.2. The largest absolute Gasteiger partial charge is 0.462 e. The zero-order valence-electron chi connectivity index (χ0n) is 53.1. The number of hydrogen-bond donors (Lipinski definition) is 0. The summed E-state index contributed by atoms with van der Waals surface area (Å²) in [5, 5.41) is 0. The summed E-state index contributed by atoms with van der Waals surface area (Å²) < 4.78 is 16.8. The molecule has 0 heterocycles. The fourth-order valence-electron chi connectivity index (χ4n) is 8.50. The van der Waals surface area contributed by atoms with Crippen molar-refractivity contribution in [1.82, 2.24) is 0 Å². The first-order chi connectivity index (χ1) is 41.0. The van der Waals surface area contributed by atoms with Crippen molar-refractivity contribution in [2.24, 2.45) is 0 Å². The Bertz CT molecular complexity index is 1940. The van der Waals surface area contributed by atoms with Crippen molar-refractivity contribution in [3.63, 3.8) is 0 Å². The number of hydrogen-bond acceptors (Lipinski definition) is 6. The first-order valence-corrected chi connectivity index (χ1v) is 33.3. The number of unbranched alkanes of at least 4 members (excludes halogenated alkanes) is 18. The Labute approximate surface area is 510 Å². The minimum atomic E-state index is -0.839. The molecule has 0 aromatic rings. The van der Waals surface area contributed by atoms with Crippen molar-refractivity contribution in [1.29, 1.82) is 0 Å². The van der Waals surface area contributed by atoms with Gasteiger partial charge in [-0.15, -0.1) is 0 Å². The number of carbonyl (C=O) groups excluding carboxylic acids is 3. The lowest BCUT2D eigenvalue weighted by atomic mass is 10.1.